The van der Waals surface area contributed by atoms with E-state index in [-0.39, 0.29) is 5.91 Å². The fourth-order valence-electron chi connectivity index (χ4n) is 2.23. The molecule has 7 heteroatoms. The lowest BCUT2D eigenvalue weighted by atomic mass is 10.1. The third kappa shape index (κ3) is 2.90. The number of hydrogen-bond acceptors (Lipinski definition) is 3. The van der Waals surface area contributed by atoms with E-state index < -0.39 is 0 Å². The topological polar surface area (TPSA) is 61.4 Å². The van der Waals surface area contributed by atoms with Crippen LogP contribution in [0.5, 0.6) is 0 Å². The summed E-state index contributed by atoms with van der Waals surface area (Å²) in [6, 6.07) is 10.6. The summed E-state index contributed by atoms with van der Waals surface area (Å²) in [5.74, 6) is -0.213. The van der Waals surface area contributed by atoms with Crippen molar-refractivity contribution in [3.63, 3.8) is 0 Å². The summed E-state index contributed by atoms with van der Waals surface area (Å²) in [5.41, 5.74) is 2.05. The van der Waals surface area contributed by atoms with E-state index in [1.807, 2.05) is 0 Å². The van der Waals surface area contributed by atoms with Crippen LogP contribution >= 0.6 is 34.2 Å². The maximum Gasteiger partial charge on any atom is 0.259 e. The molecule has 0 atom stereocenters. The highest BCUT2D eigenvalue weighted by Crippen LogP contribution is 2.21. The van der Waals surface area contributed by atoms with Crippen LogP contribution in [-0.4, -0.2) is 22.3 Å². The van der Waals surface area contributed by atoms with E-state index in [1.54, 1.807) is 54.2 Å². The first kappa shape index (κ1) is 15.8. The zero-order valence-electron chi connectivity index (χ0n) is 12.0. The van der Waals surface area contributed by atoms with Crippen LogP contribution in [0.15, 0.2) is 42.7 Å². The van der Waals surface area contributed by atoms with Gasteiger partial charge in [-0.3, -0.25) is 9.20 Å². The Morgan fingerprint density at radius 1 is 1.39 bits per heavy atom. The Kier molecular flexibility index (Phi) is 4.24. The number of halogens is 2. The van der Waals surface area contributed by atoms with Gasteiger partial charge < -0.3 is 4.90 Å². The molecule has 1 aromatic carbocycles. The summed E-state index contributed by atoms with van der Waals surface area (Å²) in [6.07, 6.45) is 3.35. The first-order chi connectivity index (χ1) is 11.0. The van der Waals surface area contributed by atoms with E-state index in [4.69, 9.17) is 11.6 Å². The summed E-state index contributed by atoms with van der Waals surface area (Å²) in [7, 11) is 1.68. The highest BCUT2D eigenvalue weighted by Gasteiger charge is 2.17. The van der Waals surface area contributed by atoms with Gasteiger partial charge in [-0.15, -0.1) is 0 Å². The quantitative estimate of drug-likeness (QED) is 0.575. The molecule has 2 heterocycles. The molecule has 1 amide bonds. The van der Waals surface area contributed by atoms with Gasteiger partial charge in [0.2, 0.25) is 0 Å². The molecule has 0 radical (unpaired) electrons. The first-order valence-corrected chi connectivity index (χ1v) is 8.07. The van der Waals surface area contributed by atoms with Crippen molar-refractivity contribution >= 4 is 51.4 Å². The van der Waals surface area contributed by atoms with E-state index in [2.05, 4.69) is 33.6 Å². The zero-order chi connectivity index (χ0) is 16.6. The maximum atomic E-state index is 12.7. The molecule has 3 aromatic rings. The van der Waals surface area contributed by atoms with E-state index in [1.165, 1.54) is 4.90 Å². The molecule has 2 aromatic heterocycles. The van der Waals surface area contributed by atoms with Crippen LogP contribution in [-0.2, 0) is 0 Å². The number of hydrogen-bond donors (Lipinski definition) is 0. The van der Waals surface area contributed by atoms with Crippen molar-refractivity contribution in [1.29, 1.82) is 5.26 Å². The minimum absolute atomic E-state index is 0.213. The number of aromatic nitrogens is 2. The van der Waals surface area contributed by atoms with Crippen molar-refractivity contribution in [2.45, 2.75) is 0 Å². The maximum absolute atomic E-state index is 12.7. The van der Waals surface area contributed by atoms with Gasteiger partial charge in [0, 0.05) is 24.0 Å². The molecule has 0 N–H and O–H groups in total. The molecule has 3 rings (SSSR count). The lowest BCUT2D eigenvalue weighted by Gasteiger charge is -2.18. The van der Waals surface area contributed by atoms with E-state index in [0.717, 1.165) is 9.39 Å². The lowest BCUT2D eigenvalue weighted by molar-refractivity contribution is 0.0992. The minimum atomic E-state index is -0.213. The van der Waals surface area contributed by atoms with Gasteiger partial charge in [-0.05, 0) is 52.9 Å². The number of pyridine rings is 1. The largest absolute Gasteiger partial charge is 0.311 e. The number of fused-ring (bicyclic) bond motifs is 1. The Morgan fingerprint density at radius 2 is 2.09 bits per heavy atom. The van der Waals surface area contributed by atoms with Crippen molar-refractivity contribution in [2.75, 3.05) is 11.9 Å². The Labute approximate surface area is 151 Å². The Balaban J connectivity index is 2.05. The Hall–Kier alpha value is -2.11. The van der Waals surface area contributed by atoms with Crippen molar-refractivity contribution in [2.24, 2.45) is 0 Å². The highest BCUT2D eigenvalue weighted by atomic mass is 127. The van der Waals surface area contributed by atoms with Gasteiger partial charge in [0.05, 0.1) is 17.3 Å². The van der Waals surface area contributed by atoms with Gasteiger partial charge in [-0.1, -0.05) is 11.6 Å². The molecule has 0 bridgehead atoms. The molecule has 5 nitrogen and oxygen atoms in total. The molecule has 0 aliphatic heterocycles. The van der Waals surface area contributed by atoms with Crippen LogP contribution in [0.2, 0.25) is 5.02 Å². The molecule has 23 heavy (non-hydrogen) atoms. The minimum Gasteiger partial charge on any atom is -0.311 e. The fourth-order valence-corrected chi connectivity index (χ4v) is 2.87. The molecular formula is C16H10ClIN4O. The van der Waals surface area contributed by atoms with E-state index >= 15 is 0 Å². The van der Waals surface area contributed by atoms with Crippen molar-refractivity contribution < 1.29 is 4.79 Å². The number of carbonyl (C=O) groups excluding carboxylic acids is 1. The van der Waals surface area contributed by atoms with E-state index in [9.17, 15) is 10.1 Å². The second-order valence-corrected chi connectivity index (χ2v) is 6.41. The number of anilines is 1. The third-order valence-corrected chi connectivity index (χ3v) is 4.50. The van der Waals surface area contributed by atoms with Gasteiger partial charge in [-0.25, -0.2) is 4.98 Å². The van der Waals surface area contributed by atoms with Crippen molar-refractivity contribution in [3.8, 4) is 6.07 Å². The summed E-state index contributed by atoms with van der Waals surface area (Å²) < 4.78 is 2.57. The highest BCUT2D eigenvalue weighted by molar-refractivity contribution is 14.1. The summed E-state index contributed by atoms with van der Waals surface area (Å²) in [5, 5.41) is 9.90. The summed E-state index contributed by atoms with van der Waals surface area (Å²) in [6.45, 7) is 0. The van der Waals surface area contributed by atoms with Gasteiger partial charge in [-0.2, -0.15) is 5.26 Å². The zero-order valence-corrected chi connectivity index (χ0v) is 14.9. The van der Waals surface area contributed by atoms with Crippen molar-refractivity contribution in [3.05, 3.63) is 62.6 Å². The third-order valence-electron chi connectivity index (χ3n) is 3.45. The average molecular weight is 437 g/mol. The molecule has 0 fully saturated rings. The number of carbonyl (C=O) groups is 1. The van der Waals surface area contributed by atoms with Gasteiger partial charge in [0.15, 0.2) is 5.65 Å². The second-order valence-electron chi connectivity index (χ2n) is 4.87. The number of nitriles is 1. The van der Waals surface area contributed by atoms with Crippen LogP contribution in [0.4, 0.5) is 5.69 Å². The molecule has 0 aliphatic rings. The molecule has 0 spiro atoms. The molecule has 0 aliphatic carbocycles. The SMILES string of the molecule is CN(C(=O)c1cc(C#N)c2ncc(I)n2c1)c1ccc(Cl)cc1. The number of imidazole rings is 1. The smallest absolute Gasteiger partial charge is 0.259 e. The molecular weight excluding hydrogens is 427 g/mol. The lowest BCUT2D eigenvalue weighted by Crippen LogP contribution is -2.26. The van der Waals surface area contributed by atoms with Gasteiger partial charge >= 0.3 is 0 Å². The van der Waals surface area contributed by atoms with Crippen LogP contribution in [0.1, 0.15) is 15.9 Å². The summed E-state index contributed by atoms with van der Waals surface area (Å²) >= 11 is 7.98. The number of nitrogens with zero attached hydrogens (tertiary/aromatic N) is 4. The Bertz CT molecular complexity index is 943. The molecule has 0 unspecified atom stereocenters. The average Bonchev–Trinajstić information content (AvgIpc) is 2.94. The monoisotopic (exact) mass is 436 g/mol. The number of amides is 1. The summed E-state index contributed by atoms with van der Waals surface area (Å²) in [4.78, 5) is 18.4. The van der Waals surface area contributed by atoms with Crippen LogP contribution < -0.4 is 4.90 Å². The van der Waals surface area contributed by atoms with E-state index in [0.29, 0.717) is 21.8 Å². The van der Waals surface area contributed by atoms with Crippen LogP contribution in [0.25, 0.3) is 5.65 Å². The number of benzene rings is 1. The molecule has 0 saturated carbocycles. The molecule has 0 saturated heterocycles. The normalized spacial score (nSPS) is 10.5. The predicted octanol–water partition coefficient (Wildman–Crippen LogP) is 3.74. The van der Waals surface area contributed by atoms with Gasteiger partial charge in [0.1, 0.15) is 9.77 Å². The fraction of sp³-hybridized carbons (Fsp3) is 0.0625. The van der Waals surface area contributed by atoms with Crippen molar-refractivity contribution in [1.82, 2.24) is 9.38 Å². The van der Waals surface area contributed by atoms with Gasteiger partial charge in [0.25, 0.3) is 5.91 Å². The first-order valence-electron chi connectivity index (χ1n) is 6.61. The second kappa shape index (κ2) is 6.18. The molecule has 114 valence electrons. The standard InChI is InChI=1S/C16H10ClIN4O/c1-21(13-4-2-12(17)3-5-13)16(23)11-6-10(7-19)15-20-8-14(18)22(15)9-11/h2-6,8-9H,1H3. The predicted molar refractivity (Wildman–Crippen MR) is 96.8 cm³/mol. The number of rotatable bonds is 2. The van der Waals surface area contributed by atoms with Crippen LogP contribution in [0.3, 0.4) is 0 Å². The van der Waals surface area contributed by atoms with Crippen LogP contribution in [0, 0.1) is 15.0 Å². The Morgan fingerprint density at radius 3 is 2.74 bits per heavy atom.